The summed E-state index contributed by atoms with van der Waals surface area (Å²) in [5.74, 6) is 0. The van der Waals surface area contributed by atoms with Gasteiger partial charge in [0.05, 0.1) is 15.6 Å². The highest BCUT2D eigenvalue weighted by Gasteiger charge is 2.26. The predicted molar refractivity (Wildman–Crippen MR) is 102 cm³/mol. The molecular weight excluding hydrogens is 379 g/mol. The van der Waals surface area contributed by atoms with E-state index in [9.17, 15) is 14.9 Å². The highest BCUT2D eigenvalue weighted by atomic mass is 35.5. The van der Waals surface area contributed by atoms with E-state index in [0.717, 1.165) is 0 Å². The van der Waals surface area contributed by atoms with Crippen molar-refractivity contribution in [2.45, 2.75) is 0 Å². The quantitative estimate of drug-likeness (QED) is 0.622. The van der Waals surface area contributed by atoms with E-state index >= 15 is 0 Å². The number of carbonyl (C=O) groups is 1. The highest BCUT2D eigenvalue weighted by molar-refractivity contribution is 6.33. The first-order valence-electron chi connectivity index (χ1n) is 7.95. The van der Waals surface area contributed by atoms with Crippen molar-refractivity contribution in [3.8, 4) is 0 Å². The zero-order chi connectivity index (χ0) is 18.7. The number of hydrogen-bond acceptors (Lipinski definition) is 4. The minimum Gasteiger partial charge on any atom is -0.362 e. The molecule has 9 heteroatoms. The molecule has 1 saturated heterocycles. The van der Waals surface area contributed by atoms with Gasteiger partial charge in [-0.15, -0.1) is 0 Å². The summed E-state index contributed by atoms with van der Waals surface area (Å²) >= 11 is 11.9. The van der Waals surface area contributed by atoms with Gasteiger partial charge in [0, 0.05) is 37.3 Å². The lowest BCUT2D eigenvalue weighted by atomic mass is 10.2. The van der Waals surface area contributed by atoms with Crippen LogP contribution in [0.1, 0.15) is 0 Å². The Morgan fingerprint density at radius 3 is 2.42 bits per heavy atom. The molecule has 0 spiro atoms. The monoisotopic (exact) mass is 394 g/mol. The number of amides is 2. The Kier molecular flexibility index (Phi) is 5.49. The molecule has 0 saturated carbocycles. The Balaban J connectivity index is 1.65. The van der Waals surface area contributed by atoms with Gasteiger partial charge in [-0.25, -0.2) is 4.79 Å². The molecule has 0 atom stereocenters. The van der Waals surface area contributed by atoms with Gasteiger partial charge in [0.15, 0.2) is 0 Å². The molecule has 2 aromatic rings. The predicted octanol–water partition coefficient (Wildman–Crippen LogP) is 4.26. The average molecular weight is 395 g/mol. The summed E-state index contributed by atoms with van der Waals surface area (Å²) in [6.07, 6.45) is 0. The van der Waals surface area contributed by atoms with Crippen LogP contribution in [0.3, 0.4) is 0 Å². The molecule has 0 aromatic heterocycles. The van der Waals surface area contributed by atoms with E-state index in [1.807, 2.05) is 4.90 Å². The number of para-hydroxylation sites is 1. The maximum atomic E-state index is 12.4. The van der Waals surface area contributed by atoms with Crippen LogP contribution in [0.4, 0.5) is 21.9 Å². The van der Waals surface area contributed by atoms with Crippen LogP contribution in [0.15, 0.2) is 42.5 Å². The van der Waals surface area contributed by atoms with E-state index < -0.39 is 4.92 Å². The standard InChI is InChI=1S/C17H16Cl2N4O3/c18-12-5-6-15(16(11-12)23(25)26)21-7-9-22(10-8-21)17(24)20-14-4-2-1-3-13(14)19/h1-6,11H,7-10H2,(H,20,24). The zero-order valence-electron chi connectivity index (χ0n) is 13.7. The number of hydrogen-bond donors (Lipinski definition) is 1. The van der Waals surface area contributed by atoms with Gasteiger partial charge in [0.25, 0.3) is 5.69 Å². The number of piperazine rings is 1. The molecule has 7 nitrogen and oxygen atoms in total. The van der Waals surface area contributed by atoms with Crippen molar-refractivity contribution in [3.05, 3.63) is 62.6 Å². The van der Waals surface area contributed by atoms with Crippen LogP contribution in [0.5, 0.6) is 0 Å². The molecular formula is C17H16Cl2N4O3. The van der Waals surface area contributed by atoms with Crippen molar-refractivity contribution >= 4 is 46.3 Å². The number of halogens is 2. The first kappa shape index (κ1) is 18.3. The summed E-state index contributed by atoms with van der Waals surface area (Å²) in [5.41, 5.74) is 1.02. The van der Waals surface area contributed by atoms with E-state index in [2.05, 4.69) is 5.32 Å². The van der Waals surface area contributed by atoms with Gasteiger partial charge in [-0.3, -0.25) is 10.1 Å². The Morgan fingerprint density at radius 1 is 1.08 bits per heavy atom. The third-order valence-electron chi connectivity index (χ3n) is 4.16. The molecule has 136 valence electrons. The minimum atomic E-state index is -0.447. The van der Waals surface area contributed by atoms with Gasteiger partial charge in [0.2, 0.25) is 0 Å². The molecule has 1 heterocycles. The number of nitro groups is 1. The molecule has 1 aliphatic rings. The molecule has 0 radical (unpaired) electrons. The fraction of sp³-hybridized carbons (Fsp3) is 0.235. The Morgan fingerprint density at radius 2 is 1.77 bits per heavy atom. The first-order chi connectivity index (χ1) is 12.5. The van der Waals surface area contributed by atoms with Crippen molar-refractivity contribution in [1.82, 2.24) is 4.90 Å². The van der Waals surface area contributed by atoms with Gasteiger partial charge in [-0.2, -0.15) is 0 Å². The van der Waals surface area contributed by atoms with Crippen LogP contribution in [-0.2, 0) is 0 Å². The Hall–Kier alpha value is -2.51. The van der Waals surface area contributed by atoms with E-state index in [-0.39, 0.29) is 11.7 Å². The molecule has 1 aliphatic heterocycles. The second-order valence-electron chi connectivity index (χ2n) is 5.77. The van der Waals surface area contributed by atoms with Gasteiger partial charge in [0.1, 0.15) is 5.69 Å². The van der Waals surface area contributed by atoms with Gasteiger partial charge >= 0.3 is 6.03 Å². The topological polar surface area (TPSA) is 78.7 Å². The lowest BCUT2D eigenvalue weighted by Crippen LogP contribution is -2.50. The van der Waals surface area contributed by atoms with Crippen LogP contribution in [0.25, 0.3) is 0 Å². The molecule has 1 N–H and O–H groups in total. The van der Waals surface area contributed by atoms with Crippen molar-refractivity contribution in [3.63, 3.8) is 0 Å². The fourth-order valence-electron chi connectivity index (χ4n) is 2.82. The maximum Gasteiger partial charge on any atom is 0.322 e. The molecule has 1 fully saturated rings. The van der Waals surface area contributed by atoms with Crippen LogP contribution in [0, 0.1) is 10.1 Å². The number of carbonyl (C=O) groups excluding carboxylic acids is 1. The van der Waals surface area contributed by atoms with Crippen LogP contribution in [-0.4, -0.2) is 42.0 Å². The molecule has 2 aromatic carbocycles. The third-order valence-corrected chi connectivity index (χ3v) is 4.72. The molecule has 0 bridgehead atoms. The molecule has 3 rings (SSSR count). The van der Waals surface area contributed by atoms with E-state index in [0.29, 0.717) is 47.6 Å². The number of rotatable bonds is 3. The van der Waals surface area contributed by atoms with Crippen LogP contribution >= 0.6 is 23.2 Å². The molecule has 0 unspecified atom stereocenters. The summed E-state index contributed by atoms with van der Waals surface area (Å²) in [6.45, 7) is 1.85. The first-order valence-corrected chi connectivity index (χ1v) is 8.70. The lowest BCUT2D eigenvalue weighted by Gasteiger charge is -2.35. The number of nitro benzene ring substituents is 1. The number of nitrogens with one attached hydrogen (secondary N) is 1. The molecule has 2 amide bonds. The second kappa shape index (κ2) is 7.80. The van der Waals surface area contributed by atoms with Crippen LogP contribution < -0.4 is 10.2 Å². The van der Waals surface area contributed by atoms with Crippen molar-refractivity contribution in [2.75, 3.05) is 36.4 Å². The Labute approximate surface area is 160 Å². The third kappa shape index (κ3) is 4.00. The summed E-state index contributed by atoms with van der Waals surface area (Å²) in [6, 6.07) is 11.4. The van der Waals surface area contributed by atoms with Crippen molar-refractivity contribution in [2.24, 2.45) is 0 Å². The summed E-state index contributed by atoms with van der Waals surface area (Å²) in [7, 11) is 0. The van der Waals surface area contributed by atoms with E-state index in [1.165, 1.54) is 6.07 Å². The molecule has 0 aliphatic carbocycles. The average Bonchev–Trinajstić information content (AvgIpc) is 2.63. The zero-order valence-corrected chi connectivity index (χ0v) is 15.2. The lowest BCUT2D eigenvalue weighted by molar-refractivity contribution is -0.384. The normalized spacial score (nSPS) is 14.2. The SMILES string of the molecule is O=C(Nc1ccccc1Cl)N1CCN(c2ccc(Cl)cc2[N+](=O)[O-])CC1. The van der Waals surface area contributed by atoms with E-state index in [4.69, 9.17) is 23.2 Å². The maximum absolute atomic E-state index is 12.4. The number of urea groups is 1. The van der Waals surface area contributed by atoms with Crippen molar-refractivity contribution < 1.29 is 9.72 Å². The fourth-order valence-corrected chi connectivity index (χ4v) is 3.17. The summed E-state index contributed by atoms with van der Waals surface area (Å²) < 4.78 is 0. The number of anilines is 2. The van der Waals surface area contributed by atoms with Gasteiger partial charge in [-0.1, -0.05) is 35.3 Å². The Bertz CT molecular complexity index is 839. The van der Waals surface area contributed by atoms with Crippen molar-refractivity contribution in [1.29, 1.82) is 0 Å². The smallest absolute Gasteiger partial charge is 0.322 e. The largest absolute Gasteiger partial charge is 0.362 e. The number of benzene rings is 2. The van der Waals surface area contributed by atoms with E-state index in [1.54, 1.807) is 41.3 Å². The van der Waals surface area contributed by atoms with Gasteiger partial charge < -0.3 is 15.1 Å². The summed E-state index contributed by atoms with van der Waals surface area (Å²) in [4.78, 5) is 26.7. The second-order valence-corrected chi connectivity index (χ2v) is 6.62. The highest BCUT2D eigenvalue weighted by Crippen LogP contribution is 2.31. The van der Waals surface area contributed by atoms with Gasteiger partial charge in [-0.05, 0) is 24.3 Å². The van der Waals surface area contributed by atoms with Crippen LogP contribution in [0.2, 0.25) is 10.0 Å². The minimum absolute atomic E-state index is 0.0357. The molecule has 26 heavy (non-hydrogen) atoms. The number of nitrogens with zero attached hydrogens (tertiary/aromatic N) is 3. The summed E-state index contributed by atoms with van der Waals surface area (Å²) in [5, 5.41) is 14.8.